The number of anilines is 1. The first kappa shape index (κ1) is 21.7. The Labute approximate surface area is 166 Å². The van der Waals surface area contributed by atoms with Crippen LogP contribution in [0.2, 0.25) is 0 Å². The molecule has 28 heavy (non-hydrogen) atoms. The Hall–Kier alpha value is -2.61. The van der Waals surface area contributed by atoms with Gasteiger partial charge in [0.25, 0.3) is 0 Å². The summed E-state index contributed by atoms with van der Waals surface area (Å²) in [7, 11) is -1.90. The molecule has 0 saturated carbocycles. The molecule has 7 nitrogen and oxygen atoms in total. The number of sulfone groups is 1. The molecule has 0 saturated heterocycles. The Morgan fingerprint density at radius 3 is 2.68 bits per heavy atom. The minimum Gasteiger partial charge on any atom is -0.493 e. The van der Waals surface area contributed by atoms with Crippen molar-refractivity contribution in [3.63, 3.8) is 0 Å². The van der Waals surface area contributed by atoms with Crippen molar-refractivity contribution in [1.82, 2.24) is 4.98 Å². The largest absolute Gasteiger partial charge is 0.493 e. The van der Waals surface area contributed by atoms with Crippen LogP contribution in [-0.4, -0.2) is 37.9 Å². The van der Waals surface area contributed by atoms with Gasteiger partial charge in [0, 0.05) is 29.7 Å². The lowest BCUT2D eigenvalue weighted by molar-refractivity contribution is -0.113. The Bertz CT molecular complexity index is 869. The van der Waals surface area contributed by atoms with Gasteiger partial charge in [0.2, 0.25) is 5.91 Å². The molecule has 0 aliphatic carbocycles. The monoisotopic (exact) mass is 406 g/mol. The van der Waals surface area contributed by atoms with Crippen LogP contribution in [0.15, 0.2) is 42.7 Å². The number of rotatable bonds is 11. The number of benzene rings is 1. The van der Waals surface area contributed by atoms with Gasteiger partial charge in [-0.05, 0) is 24.6 Å². The highest BCUT2D eigenvalue weighted by Gasteiger charge is 2.17. The standard InChI is InChI=1S/C20H26N2O5S/c1-3-4-5-11-28(24,25)15-20(23)22-17-8-9-18(26-2)19(12-17)27-14-16-7-6-10-21-13-16/h6-10,12-13H,3-5,11,14-15H2,1-2H3,(H,22,23). The molecule has 0 aliphatic rings. The Kier molecular flexibility index (Phi) is 8.25. The number of unbranched alkanes of at least 4 members (excludes halogenated alkanes) is 2. The summed E-state index contributed by atoms with van der Waals surface area (Å²) in [6.45, 7) is 2.28. The lowest BCUT2D eigenvalue weighted by Crippen LogP contribution is -2.24. The van der Waals surface area contributed by atoms with Crippen LogP contribution in [0.5, 0.6) is 11.5 Å². The van der Waals surface area contributed by atoms with Crippen molar-refractivity contribution >= 4 is 21.4 Å². The Morgan fingerprint density at radius 1 is 1.18 bits per heavy atom. The van der Waals surface area contributed by atoms with Gasteiger partial charge in [0.05, 0.1) is 12.9 Å². The van der Waals surface area contributed by atoms with Crippen molar-refractivity contribution < 1.29 is 22.7 Å². The van der Waals surface area contributed by atoms with Crippen molar-refractivity contribution in [2.24, 2.45) is 0 Å². The number of nitrogens with zero attached hydrogens (tertiary/aromatic N) is 1. The quantitative estimate of drug-likeness (QED) is 0.576. The molecule has 1 amide bonds. The Morgan fingerprint density at radius 2 is 2.00 bits per heavy atom. The zero-order chi connectivity index (χ0) is 20.4. The summed E-state index contributed by atoms with van der Waals surface area (Å²) >= 11 is 0. The van der Waals surface area contributed by atoms with E-state index in [9.17, 15) is 13.2 Å². The van der Waals surface area contributed by atoms with E-state index in [0.717, 1.165) is 18.4 Å². The molecule has 1 heterocycles. The number of aromatic nitrogens is 1. The zero-order valence-corrected chi connectivity index (χ0v) is 17.0. The summed E-state index contributed by atoms with van der Waals surface area (Å²) in [4.78, 5) is 16.2. The van der Waals surface area contributed by atoms with Crippen LogP contribution in [0.3, 0.4) is 0 Å². The predicted molar refractivity (Wildman–Crippen MR) is 108 cm³/mol. The molecule has 0 unspecified atom stereocenters. The zero-order valence-electron chi connectivity index (χ0n) is 16.2. The number of ether oxygens (including phenoxy) is 2. The molecule has 0 spiro atoms. The molecule has 0 radical (unpaired) electrons. The maximum atomic E-state index is 12.1. The molecule has 1 aromatic heterocycles. The van der Waals surface area contributed by atoms with E-state index in [0.29, 0.717) is 23.6 Å². The van der Waals surface area contributed by atoms with Crippen molar-refractivity contribution in [3.8, 4) is 11.5 Å². The lowest BCUT2D eigenvalue weighted by Gasteiger charge is -2.13. The first-order valence-corrected chi connectivity index (χ1v) is 11.0. The number of pyridine rings is 1. The minimum absolute atomic E-state index is 0.0242. The van der Waals surface area contributed by atoms with Gasteiger partial charge in [0.15, 0.2) is 21.3 Å². The lowest BCUT2D eigenvalue weighted by atomic mass is 10.2. The first-order chi connectivity index (χ1) is 13.4. The van der Waals surface area contributed by atoms with Crippen molar-refractivity contribution in [2.75, 3.05) is 23.9 Å². The van der Waals surface area contributed by atoms with Crippen LogP contribution in [0.25, 0.3) is 0 Å². The molecular formula is C20H26N2O5S. The molecule has 1 N–H and O–H groups in total. The fourth-order valence-electron chi connectivity index (χ4n) is 2.55. The highest BCUT2D eigenvalue weighted by molar-refractivity contribution is 7.92. The number of amides is 1. The van der Waals surface area contributed by atoms with E-state index in [1.807, 2.05) is 19.1 Å². The molecular weight excluding hydrogens is 380 g/mol. The summed E-state index contributed by atoms with van der Waals surface area (Å²) < 4.78 is 35.1. The summed E-state index contributed by atoms with van der Waals surface area (Å²) in [6.07, 6.45) is 5.70. The number of hydrogen-bond donors (Lipinski definition) is 1. The van der Waals surface area contributed by atoms with Gasteiger partial charge in [0.1, 0.15) is 12.4 Å². The van der Waals surface area contributed by atoms with Crippen LogP contribution in [-0.2, 0) is 21.2 Å². The Balaban J connectivity index is 2.00. The summed E-state index contributed by atoms with van der Waals surface area (Å²) in [5.41, 5.74) is 1.33. The van der Waals surface area contributed by atoms with Gasteiger partial charge < -0.3 is 14.8 Å². The van der Waals surface area contributed by atoms with Gasteiger partial charge in [-0.3, -0.25) is 9.78 Å². The number of carbonyl (C=O) groups is 1. The minimum atomic E-state index is -3.42. The molecule has 1 aromatic carbocycles. The molecule has 8 heteroatoms. The van der Waals surface area contributed by atoms with E-state index < -0.39 is 21.5 Å². The van der Waals surface area contributed by atoms with Crippen LogP contribution in [0.4, 0.5) is 5.69 Å². The first-order valence-electron chi connectivity index (χ1n) is 9.13. The van der Waals surface area contributed by atoms with Gasteiger partial charge in [-0.2, -0.15) is 0 Å². The van der Waals surface area contributed by atoms with Gasteiger partial charge in [-0.15, -0.1) is 0 Å². The molecule has 152 valence electrons. The van der Waals surface area contributed by atoms with Crippen LogP contribution < -0.4 is 14.8 Å². The number of methoxy groups -OCH3 is 1. The highest BCUT2D eigenvalue weighted by Crippen LogP contribution is 2.31. The second-order valence-electron chi connectivity index (χ2n) is 6.36. The second kappa shape index (κ2) is 10.7. The third kappa shape index (κ3) is 7.19. The molecule has 0 aliphatic heterocycles. The molecule has 0 atom stereocenters. The summed E-state index contributed by atoms with van der Waals surface area (Å²) in [5.74, 6) is -0.130. The van der Waals surface area contributed by atoms with E-state index in [1.165, 1.54) is 7.11 Å². The normalized spacial score (nSPS) is 11.1. The fraction of sp³-hybridized carbons (Fsp3) is 0.400. The second-order valence-corrected chi connectivity index (χ2v) is 8.55. The SMILES string of the molecule is CCCCCS(=O)(=O)CC(=O)Nc1ccc(OC)c(OCc2cccnc2)c1. The van der Waals surface area contributed by atoms with Crippen LogP contribution >= 0.6 is 0 Å². The van der Waals surface area contributed by atoms with E-state index in [4.69, 9.17) is 9.47 Å². The van der Waals surface area contributed by atoms with E-state index in [-0.39, 0.29) is 12.4 Å². The molecule has 2 aromatic rings. The van der Waals surface area contributed by atoms with Gasteiger partial charge in [-0.1, -0.05) is 25.8 Å². The topological polar surface area (TPSA) is 94.6 Å². The third-order valence-corrected chi connectivity index (χ3v) is 5.59. The van der Waals surface area contributed by atoms with Crippen molar-refractivity contribution in [1.29, 1.82) is 0 Å². The van der Waals surface area contributed by atoms with Gasteiger partial charge in [-0.25, -0.2) is 8.42 Å². The third-order valence-electron chi connectivity index (χ3n) is 3.97. The fourth-order valence-corrected chi connectivity index (χ4v) is 3.81. The van der Waals surface area contributed by atoms with Crippen LogP contribution in [0.1, 0.15) is 31.7 Å². The maximum Gasteiger partial charge on any atom is 0.239 e. The number of carbonyl (C=O) groups excluding carboxylic acids is 1. The van der Waals surface area contributed by atoms with Crippen molar-refractivity contribution in [3.05, 3.63) is 48.3 Å². The average molecular weight is 407 g/mol. The van der Waals surface area contributed by atoms with E-state index >= 15 is 0 Å². The molecule has 0 fully saturated rings. The van der Waals surface area contributed by atoms with E-state index in [1.54, 1.807) is 30.6 Å². The average Bonchev–Trinajstić information content (AvgIpc) is 2.67. The number of hydrogen-bond acceptors (Lipinski definition) is 6. The molecule has 2 rings (SSSR count). The van der Waals surface area contributed by atoms with Gasteiger partial charge >= 0.3 is 0 Å². The highest BCUT2D eigenvalue weighted by atomic mass is 32.2. The van der Waals surface area contributed by atoms with Crippen LogP contribution in [0, 0.1) is 0 Å². The molecule has 0 bridgehead atoms. The summed E-state index contributed by atoms with van der Waals surface area (Å²) in [6, 6.07) is 8.60. The van der Waals surface area contributed by atoms with E-state index in [2.05, 4.69) is 10.3 Å². The predicted octanol–water partition coefficient (Wildman–Crippen LogP) is 3.21. The smallest absolute Gasteiger partial charge is 0.239 e. The number of nitrogens with one attached hydrogen (secondary N) is 1. The summed E-state index contributed by atoms with van der Waals surface area (Å²) in [5, 5.41) is 2.61. The van der Waals surface area contributed by atoms with Crippen molar-refractivity contribution in [2.45, 2.75) is 32.8 Å². The maximum absolute atomic E-state index is 12.1.